The van der Waals surface area contributed by atoms with Gasteiger partial charge in [-0.2, -0.15) is 0 Å². The highest BCUT2D eigenvalue weighted by molar-refractivity contribution is 5.93. The van der Waals surface area contributed by atoms with Crippen LogP contribution >= 0.6 is 0 Å². The topological polar surface area (TPSA) is 29.4 Å². The van der Waals surface area contributed by atoms with Crippen LogP contribution in [0, 0.1) is 0 Å². The normalized spacial score (nSPS) is 14.1. The zero-order valence-corrected chi connectivity index (χ0v) is 11.8. The summed E-state index contributed by atoms with van der Waals surface area (Å²) in [6.45, 7) is 2.15. The number of aryl methyl sites for hydroxylation is 1. The summed E-state index contributed by atoms with van der Waals surface area (Å²) in [6.07, 6.45) is 3.55. The van der Waals surface area contributed by atoms with Crippen molar-refractivity contribution in [1.82, 2.24) is 4.98 Å². The molecule has 0 radical (unpaired) electrons. The molecule has 3 nitrogen and oxygen atoms in total. The van der Waals surface area contributed by atoms with E-state index in [2.05, 4.69) is 43.7 Å². The van der Waals surface area contributed by atoms with Crippen LogP contribution in [0.2, 0.25) is 0 Å². The molecule has 0 saturated carbocycles. The van der Waals surface area contributed by atoms with E-state index in [0.717, 1.165) is 25.0 Å². The first kappa shape index (κ1) is 12.4. The van der Waals surface area contributed by atoms with Crippen molar-refractivity contribution < 1.29 is 4.90 Å². The number of quaternary nitrogens is 1. The van der Waals surface area contributed by atoms with Crippen LogP contribution < -0.4 is 10.2 Å². The molecule has 0 aliphatic heterocycles. The molecule has 100 valence electrons. The minimum atomic E-state index is 1.02. The minimum Gasteiger partial charge on any atom is -0.379 e. The van der Waals surface area contributed by atoms with Crippen molar-refractivity contribution in [3.63, 3.8) is 0 Å². The SMILES string of the molecule is C[NH+](C)CCNc1c2c(nc3ccccc13)CCC2. The molecule has 0 unspecified atom stereocenters. The van der Waals surface area contributed by atoms with Gasteiger partial charge in [-0.05, 0) is 30.9 Å². The van der Waals surface area contributed by atoms with Crippen LogP contribution in [0.3, 0.4) is 0 Å². The lowest BCUT2D eigenvalue weighted by Crippen LogP contribution is -3.06. The maximum atomic E-state index is 4.81. The zero-order valence-electron chi connectivity index (χ0n) is 11.8. The Hall–Kier alpha value is -1.61. The molecule has 1 aromatic heterocycles. The van der Waals surface area contributed by atoms with Crippen molar-refractivity contribution in [2.24, 2.45) is 0 Å². The lowest BCUT2D eigenvalue weighted by Gasteiger charge is -2.15. The number of para-hydroxylation sites is 1. The lowest BCUT2D eigenvalue weighted by atomic mass is 10.1. The molecule has 0 bridgehead atoms. The number of nitrogens with zero attached hydrogens (tertiary/aromatic N) is 1. The Morgan fingerprint density at radius 1 is 1.21 bits per heavy atom. The third kappa shape index (κ3) is 2.43. The van der Waals surface area contributed by atoms with Crippen LogP contribution in [0.5, 0.6) is 0 Å². The van der Waals surface area contributed by atoms with Gasteiger partial charge in [-0.1, -0.05) is 18.2 Å². The molecule has 1 heterocycles. The van der Waals surface area contributed by atoms with E-state index in [4.69, 9.17) is 4.98 Å². The molecule has 1 aliphatic rings. The standard InChI is InChI=1S/C16H21N3/c1-19(2)11-10-17-16-12-6-3-4-8-14(12)18-15-9-5-7-13(15)16/h3-4,6,8H,5,7,9-11H2,1-2H3,(H,17,18)/p+1. The second-order valence-corrected chi connectivity index (χ2v) is 5.67. The molecule has 3 rings (SSSR count). The summed E-state index contributed by atoms with van der Waals surface area (Å²) < 4.78 is 0. The van der Waals surface area contributed by atoms with Gasteiger partial charge in [0.05, 0.1) is 32.7 Å². The molecule has 2 N–H and O–H groups in total. The fraction of sp³-hybridized carbons (Fsp3) is 0.438. The molecule has 1 aliphatic carbocycles. The van der Waals surface area contributed by atoms with Gasteiger partial charge in [-0.15, -0.1) is 0 Å². The van der Waals surface area contributed by atoms with Crippen LogP contribution in [-0.4, -0.2) is 32.2 Å². The van der Waals surface area contributed by atoms with Crippen molar-refractivity contribution >= 4 is 16.6 Å². The Bertz CT molecular complexity index is 590. The quantitative estimate of drug-likeness (QED) is 0.863. The van der Waals surface area contributed by atoms with Gasteiger partial charge in [0.1, 0.15) is 0 Å². The van der Waals surface area contributed by atoms with Gasteiger partial charge >= 0.3 is 0 Å². The van der Waals surface area contributed by atoms with Crippen LogP contribution in [0.4, 0.5) is 5.69 Å². The number of rotatable bonds is 4. The first-order valence-electron chi connectivity index (χ1n) is 7.19. The van der Waals surface area contributed by atoms with Crippen molar-refractivity contribution in [1.29, 1.82) is 0 Å². The van der Waals surface area contributed by atoms with Crippen LogP contribution in [0.15, 0.2) is 24.3 Å². The second-order valence-electron chi connectivity index (χ2n) is 5.67. The summed E-state index contributed by atoms with van der Waals surface area (Å²) in [4.78, 5) is 6.29. The van der Waals surface area contributed by atoms with E-state index in [-0.39, 0.29) is 0 Å². The van der Waals surface area contributed by atoms with Crippen molar-refractivity contribution in [3.8, 4) is 0 Å². The first-order valence-corrected chi connectivity index (χ1v) is 7.19. The van der Waals surface area contributed by atoms with Crippen molar-refractivity contribution in [3.05, 3.63) is 35.5 Å². The Balaban J connectivity index is 2.00. The molecule has 1 aromatic carbocycles. The number of aromatic nitrogens is 1. The van der Waals surface area contributed by atoms with Gasteiger partial charge in [0, 0.05) is 16.8 Å². The summed E-state index contributed by atoms with van der Waals surface area (Å²) in [6, 6.07) is 8.49. The van der Waals surface area contributed by atoms with Gasteiger partial charge in [-0.3, -0.25) is 4.98 Å². The molecule has 0 atom stereocenters. The number of hydrogen-bond acceptors (Lipinski definition) is 2. The highest BCUT2D eigenvalue weighted by Gasteiger charge is 2.19. The predicted molar refractivity (Wildman–Crippen MR) is 79.9 cm³/mol. The third-order valence-electron chi connectivity index (χ3n) is 3.85. The van der Waals surface area contributed by atoms with E-state index in [1.54, 1.807) is 0 Å². The van der Waals surface area contributed by atoms with Gasteiger partial charge in [0.25, 0.3) is 0 Å². The number of pyridine rings is 1. The Labute approximate surface area is 114 Å². The van der Waals surface area contributed by atoms with E-state index in [0.29, 0.717) is 0 Å². The van der Waals surface area contributed by atoms with Crippen molar-refractivity contribution in [2.75, 3.05) is 32.5 Å². The maximum Gasteiger partial charge on any atom is 0.0942 e. The van der Waals surface area contributed by atoms with Gasteiger partial charge in [-0.25, -0.2) is 0 Å². The van der Waals surface area contributed by atoms with Crippen LogP contribution in [-0.2, 0) is 12.8 Å². The molecule has 0 saturated heterocycles. The smallest absolute Gasteiger partial charge is 0.0942 e. The fourth-order valence-corrected chi connectivity index (χ4v) is 2.85. The molecule has 3 heteroatoms. The summed E-state index contributed by atoms with van der Waals surface area (Å²) in [5, 5.41) is 4.93. The maximum absolute atomic E-state index is 4.81. The molecule has 0 spiro atoms. The number of nitrogens with one attached hydrogen (secondary N) is 2. The Kier molecular flexibility index (Phi) is 3.38. The Morgan fingerprint density at radius 2 is 2.05 bits per heavy atom. The van der Waals surface area contributed by atoms with E-state index in [1.165, 1.54) is 40.1 Å². The van der Waals surface area contributed by atoms with Gasteiger partial charge in [0.2, 0.25) is 0 Å². The predicted octanol–water partition coefficient (Wildman–Crippen LogP) is 1.28. The van der Waals surface area contributed by atoms with E-state index < -0.39 is 0 Å². The first-order chi connectivity index (χ1) is 9.25. The average Bonchev–Trinajstić information content (AvgIpc) is 2.85. The lowest BCUT2D eigenvalue weighted by molar-refractivity contribution is -0.856. The number of hydrogen-bond donors (Lipinski definition) is 2. The molecule has 0 fully saturated rings. The molecular weight excluding hydrogens is 234 g/mol. The van der Waals surface area contributed by atoms with Crippen molar-refractivity contribution in [2.45, 2.75) is 19.3 Å². The molecular formula is C16H22N3+. The van der Waals surface area contributed by atoms with Crippen LogP contribution in [0.25, 0.3) is 10.9 Å². The van der Waals surface area contributed by atoms with E-state index in [9.17, 15) is 0 Å². The number of likely N-dealkylation sites (N-methyl/N-ethyl adjacent to an activating group) is 1. The highest BCUT2D eigenvalue weighted by atomic mass is 15.1. The second kappa shape index (κ2) is 5.17. The molecule has 19 heavy (non-hydrogen) atoms. The number of fused-ring (bicyclic) bond motifs is 2. The number of anilines is 1. The van der Waals surface area contributed by atoms with Crippen LogP contribution in [0.1, 0.15) is 17.7 Å². The summed E-state index contributed by atoms with van der Waals surface area (Å²) in [5.74, 6) is 0. The molecule has 2 aromatic rings. The Morgan fingerprint density at radius 3 is 2.89 bits per heavy atom. The number of benzene rings is 1. The minimum absolute atomic E-state index is 1.02. The zero-order chi connectivity index (χ0) is 13.2. The summed E-state index contributed by atoms with van der Waals surface area (Å²) in [5.41, 5.74) is 5.22. The van der Waals surface area contributed by atoms with E-state index in [1.807, 2.05) is 0 Å². The summed E-state index contributed by atoms with van der Waals surface area (Å²) in [7, 11) is 4.38. The average molecular weight is 256 g/mol. The van der Waals surface area contributed by atoms with Gasteiger partial charge in [0.15, 0.2) is 0 Å². The molecule has 0 amide bonds. The van der Waals surface area contributed by atoms with E-state index >= 15 is 0 Å². The highest BCUT2D eigenvalue weighted by Crippen LogP contribution is 2.33. The third-order valence-corrected chi connectivity index (χ3v) is 3.85. The fourth-order valence-electron chi connectivity index (χ4n) is 2.85. The van der Waals surface area contributed by atoms with Gasteiger partial charge < -0.3 is 10.2 Å². The monoisotopic (exact) mass is 256 g/mol. The largest absolute Gasteiger partial charge is 0.379 e. The summed E-state index contributed by atoms with van der Waals surface area (Å²) >= 11 is 0.